The van der Waals surface area contributed by atoms with Crippen molar-refractivity contribution in [2.75, 3.05) is 0 Å². The van der Waals surface area contributed by atoms with E-state index < -0.39 is 0 Å². The number of Topliss-reactive ketones (excluding diaryl/α,β-unsaturated/α-hetero) is 1. The topological polar surface area (TPSA) is 17.1 Å². The number of carbonyl (C=O) groups excluding carboxylic acids is 1. The Morgan fingerprint density at radius 3 is 2.64 bits per heavy atom. The molecule has 2 aliphatic rings. The number of fused-ring (bicyclic) bond motifs is 1. The fourth-order valence-electron chi connectivity index (χ4n) is 2.85. The van der Waals surface area contributed by atoms with E-state index in [2.05, 4.69) is 15.9 Å². The van der Waals surface area contributed by atoms with Crippen LogP contribution in [0.25, 0.3) is 0 Å². The van der Waals surface area contributed by atoms with Gasteiger partial charge in [-0.2, -0.15) is 11.3 Å². The lowest BCUT2D eigenvalue weighted by Gasteiger charge is -2.00. The molecule has 1 aromatic rings. The highest BCUT2D eigenvalue weighted by Crippen LogP contribution is 2.58. The lowest BCUT2D eigenvalue weighted by molar-refractivity contribution is 0.0951. The van der Waals surface area contributed by atoms with Crippen molar-refractivity contribution < 1.29 is 4.79 Å². The number of rotatable bonds is 2. The van der Waals surface area contributed by atoms with Gasteiger partial charge < -0.3 is 0 Å². The van der Waals surface area contributed by atoms with E-state index in [4.69, 9.17) is 0 Å². The highest BCUT2D eigenvalue weighted by molar-refractivity contribution is 9.10. The van der Waals surface area contributed by atoms with Gasteiger partial charge in [0.1, 0.15) is 0 Å². The third-order valence-corrected chi connectivity index (χ3v) is 5.29. The highest BCUT2D eigenvalue weighted by Gasteiger charge is 2.56. The Balaban J connectivity index is 1.82. The van der Waals surface area contributed by atoms with Crippen molar-refractivity contribution >= 4 is 33.0 Å². The fraction of sp³-hybridized carbons (Fsp3) is 0.545. The lowest BCUT2D eigenvalue weighted by atomic mass is 10.0. The van der Waals surface area contributed by atoms with Gasteiger partial charge in [0.25, 0.3) is 0 Å². The first-order valence-corrected chi connectivity index (χ1v) is 6.78. The number of halogens is 1. The van der Waals surface area contributed by atoms with Gasteiger partial charge in [-0.15, -0.1) is 0 Å². The molecule has 2 atom stereocenters. The fourth-order valence-corrected chi connectivity index (χ4v) is 4.33. The molecule has 2 unspecified atom stereocenters. The van der Waals surface area contributed by atoms with Gasteiger partial charge in [0.15, 0.2) is 5.78 Å². The number of carbonyl (C=O) groups is 1. The predicted molar refractivity (Wildman–Crippen MR) is 60.7 cm³/mol. The minimum atomic E-state index is 0.370. The molecule has 0 radical (unpaired) electrons. The maximum Gasteiger partial charge on any atom is 0.168 e. The molecule has 0 saturated heterocycles. The second-order valence-electron chi connectivity index (χ2n) is 4.28. The zero-order chi connectivity index (χ0) is 9.71. The molecule has 1 aromatic heterocycles. The van der Waals surface area contributed by atoms with E-state index in [0.717, 1.165) is 21.9 Å². The lowest BCUT2D eigenvalue weighted by Crippen LogP contribution is -2.05. The molecule has 2 saturated carbocycles. The summed E-state index contributed by atoms with van der Waals surface area (Å²) < 4.78 is 0.984. The van der Waals surface area contributed by atoms with Gasteiger partial charge in [0.05, 0.1) is 0 Å². The van der Waals surface area contributed by atoms with Gasteiger partial charge in [-0.3, -0.25) is 4.79 Å². The molecule has 0 bridgehead atoms. The molecule has 2 fully saturated rings. The predicted octanol–water partition coefficient (Wildman–Crippen LogP) is 3.74. The smallest absolute Gasteiger partial charge is 0.168 e. The van der Waals surface area contributed by atoms with Crippen molar-refractivity contribution in [1.29, 1.82) is 0 Å². The van der Waals surface area contributed by atoms with Crippen molar-refractivity contribution in [3.8, 4) is 0 Å². The van der Waals surface area contributed by atoms with E-state index in [-0.39, 0.29) is 0 Å². The summed E-state index contributed by atoms with van der Waals surface area (Å²) in [5.74, 6) is 2.21. The molecule has 1 nitrogen and oxygen atoms in total. The van der Waals surface area contributed by atoms with E-state index in [1.54, 1.807) is 11.3 Å². The van der Waals surface area contributed by atoms with Gasteiger partial charge in [-0.1, -0.05) is 6.42 Å². The maximum absolute atomic E-state index is 12.1. The third kappa shape index (κ3) is 1.22. The number of hydrogen-bond acceptors (Lipinski definition) is 2. The Morgan fingerprint density at radius 1 is 1.36 bits per heavy atom. The minimum Gasteiger partial charge on any atom is -0.294 e. The molecule has 0 spiro atoms. The molecule has 0 N–H and O–H groups in total. The van der Waals surface area contributed by atoms with Crippen LogP contribution in [-0.2, 0) is 0 Å². The summed E-state index contributed by atoms with van der Waals surface area (Å²) in [6.45, 7) is 0. The van der Waals surface area contributed by atoms with Gasteiger partial charge in [-0.05, 0) is 40.6 Å². The largest absolute Gasteiger partial charge is 0.294 e. The quantitative estimate of drug-likeness (QED) is 0.749. The maximum atomic E-state index is 12.1. The first-order valence-electron chi connectivity index (χ1n) is 5.05. The van der Waals surface area contributed by atoms with Crippen LogP contribution in [0.3, 0.4) is 0 Å². The van der Waals surface area contributed by atoms with Crippen molar-refractivity contribution in [1.82, 2.24) is 0 Å². The highest BCUT2D eigenvalue weighted by atomic mass is 79.9. The first-order chi connectivity index (χ1) is 6.79. The van der Waals surface area contributed by atoms with Crippen LogP contribution >= 0.6 is 27.3 Å². The van der Waals surface area contributed by atoms with Crippen LogP contribution in [0.5, 0.6) is 0 Å². The second-order valence-corrected chi connectivity index (χ2v) is 5.88. The zero-order valence-electron chi connectivity index (χ0n) is 7.70. The summed E-state index contributed by atoms with van der Waals surface area (Å²) in [6.07, 6.45) is 3.90. The van der Waals surface area contributed by atoms with Crippen LogP contribution in [0.1, 0.15) is 29.6 Å². The molecule has 74 valence electrons. The number of hydrogen-bond donors (Lipinski definition) is 0. The molecule has 3 rings (SSSR count). The Kier molecular flexibility index (Phi) is 2.06. The first kappa shape index (κ1) is 9.10. The molecular weight excluding hydrogens is 260 g/mol. The standard InChI is InChI=1S/C11H11BrOS/c12-9-5-14-4-8(9)11(13)10-6-2-1-3-7(6)10/h4-7,10H,1-3H2. The van der Waals surface area contributed by atoms with E-state index in [1.807, 2.05) is 10.8 Å². The summed E-state index contributed by atoms with van der Waals surface area (Å²) in [4.78, 5) is 12.1. The molecular formula is C11H11BrOS. The summed E-state index contributed by atoms with van der Waals surface area (Å²) >= 11 is 5.03. The van der Waals surface area contributed by atoms with Crippen molar-refractivity contribution in [3.05, 3.63) is 20.8 Å². The Morgan fingerprint density at radius 2 is 2.07 bits per heavy atom. The third-order valence-electron chi connectivity index (χ3n) is 3.59. The Hall–Kier alpha value is -0.150. The summed E-state index contributed by atoms with van der Waals surface area (Å²) in [5, 5.41) is 3.96. The molecule has 2 aliphatic carbocycles. The molecule has 1 heterocycles. The van der Waals surface area contributed by atoms with Crippen LogP contribution in [0.4, 0.5) is 0 Å². The van der Waals surface area contributed by atoms with Gasteiger partial charge in [0, 0.05) is 26.7 Å². The van der Waals surface area contributed by atoms with E-state index in [1.165, 1.54) is 19.3 Å². The Labute approximate surface area is 95.6 Å². The van der Waals surface area contributed by atoms with Crippen LogP contribution in [0.15, 0.2) is 15.2 Å². The SMILES string of the molecule is O=C(c1cscc1Br)C1C2CCCC21. The van der Waals surface area contributed by atoms with Crippen molar-refractivity contribution in [2.24, 2.45) is 17.8 Å². The van der Waals surface area contributed by atoms with Crippen molar-refractivity contribution in [2.45, 2.75) is 19.3 Å². The normalized spacial score (nSPS) is 34.2. The number of ketones is 1. The van der Waals surface area contributed by atoms with Gasteiger partial charge >= 0.3 is 0 Å². The van der Waals surface area contributed by atoms with Crippen LogP contribution in [-0.4, -0.2) is 5.78 Å². The van der Waals surface area contributed by atoms with E-state index >= 15 is 0 Å². The molecule has 14 heavy (non-hydrogen) atoms. The van der Waals surface area contributed by atoms with Gasteiger partial charge in [-0.25, -0.2) is 0 Å². The molecule has 3 heteroatoms. The zero-order valence-corrected chi connectivity index (χ0v) is 10.1. The van der Waals surface area contributed by atoms with E-state index in [9.17, 15) is 4.79 Å². The molecule has 0 amide bonds. The Bertz CT molecular complexity index is 374. The number of thiophene rings is 1. The summed E-state index contributed by atoms with van der Waals surface area (Å²) in [5.41, 5.74) is 0.911. The molecule has 0 aliphatic heterocycles. The average molecular weight is 271 g/mol. The summed E-state index contributed by atoms with van der Waals surface area (Å²) in [7, 11) is 0. The van der Waals surface area contributed by atoms with Crippen molar-refractivity contribution in [3.63, 3.8) is 0 Å². The minimum absolute atomic E-state index is 0.370. The molecule has 0 aromatic carbocycles. The average Bonchev–Trinajstić information content (AvgIpc) is 2.57. The van der Waals surface area contributed by atoms with Crippen LogP contribution in [0, 0.1) is 17.8 Å². The van der Waals surface area contributed by atoms with Gasteiger partial charge in [0.2, 0.25) is 0 Å². The van der Waals surface area contributed by atoms with E-state index in [0.29, 0.717) is 11.7 Å². The monoisotopic (exact) mass is 270 g/mol. The van der Waals surface area contributed by atoms with Crippen LogP contribution in [0.2, 0.25) is 0 Å². The summed E-state index contributed by atoms with van der Waals surface area (Å²) in [6, 6.07) is 0. The second kappa shape index (κ2) is 3.17. The van der Waals surface area contributed by atoms with Crippen LogP contribution < -0.4 is 0 Å².